The number of nitrogens with two attached hydrogens (primary N) is 1. The van der Waals surface area contributed by atoms with Gasteiger partial charge >= 0.3 is 0 Å². The Hall–Kier alpha value is -0.860. The maximum absolute atomic E-state index is 5.81. The zero-order valence-electron chi connectivity index (χ0n) is 10.9. The van der Waals surface area contributed by atoms with Crippen molar-refractivity contribution in [2.45, 2.75) is 45.6 Å². The van der Waals surface area contributed by atoms with Crippen LogP contribution in [0.4, 0.5) is 0 Å². The van der Waals surface area contributed by atoms with Crippen molar-refractivity contribution in [2.75, 3.05) is 0 Å². The molecule has 94 valence electrons. The number of nitrogens with one attached hydrogen (secondary N) is 1. The van der Waals surface area contributed by atoms with Gasteiger partial charge in [0.2, 0.25) is 0 Å². The normalized spacial score (nSPS) is 25.5. The van der Waals surface area contributed by atoms with E-state index in [1.807, 2.05) is 0 Å². The molecule has 0 aliphatic heterocycles. The summed E-state index contributed by atoms with van der Waals surface area (Å²) in [6.45, 7) is 4.76. The SMILES string of the molecule is CC1(C)CCCCC1C(NN)c1ccccc1. The molecule has 0 amide bonds. The van der Waals surface area contributed by atoms with E-state index in [4.69, 9.17) is 5.84 Å². The molecular formula is C15H24N2. The summed E-state index contributed by atoms with van der Waals surface area (Å²) in [7, 11) is 0. The lowest BCUT2D eigenvalue weighted by Crippen LogP contribution is -2.41. The highest BCUT2D eigenvalue weighted by Crippen LogP contribution is 2.46. The van der Waals surface area contributed by atoms with Crippen LogP contribution < -0.4 is 11.3 Å². The van der Waals surface area contributed by atoms with Gasteiger partial charge in [-0.05, 0) is 29.7 Å². The van der Waals surface area contributed by atoms with Crippen LogP contribution in [0, 0.1) is 11.3 Å². The van der Waals surface area contributed by atoms with Crippen molar-refractivity contribution in [3.8, 4) is 0 Å². The average molecular weight is 232 g/mol. The number of rotatable bonds is 3. The smallest absolute Gasteiger partial charge is 0.0493 e. The summed E-state index contributed by atoms with van der Waals surface area (Å²) in [5.74, 6) is 6.44. The molecule has 1 aliphatic carbocycles. The molecule has 0 bridgehead atoms. The van der Waals surface area contributed by atoms with Crippen molar-refractivity contribution in [1.82, 2.24) is 5.43 Å². The van der Waals surface area contributed by atoms with Gasteiger partial charge in [-0.3, -0.25) is 11.3 Å². The van der Waals surface area contributed by atoms with Crippen LogP contribution in [0.2, 0.25) is 0 Å². The van der Waals surface area contributed by atoms with Crippen LogP contribution >= 0.6 is 0 Å². The third kappa shape index (κ3) is 2.70. The summed E-state index contributed by atoms with van der Waals surface area (Å²) in [6, 6.07) is 10.9. The quantitative estimate of drug-likeness (QED) is 0.619. The van der Waals surface area contributed by atoms with E-state index >= 15 is 0 Å². The summed E-state index contributed by atoms with van der Waals surface area (Å²) in [5.41, 5.74) is 4.74. The predicted molar refractivity (Wildman–Crippen MR) is 72.2 cm³/mol. The van der Waals surface area contributed by atoms with Crippen molar-refractivity contribution >= 4 is 0 Å². The first-order valence-electron chi connectivity index (χ1n) is 6.66. The fraction of sp³-hybridized carbons (Fsp3) is 0.600. The number of hydrazine groups is 1. The molecule has 0 aromatic heterocycles. The van der Waals surface area contributed by atoms with Crippen molar-refractivity contribution in [3.05, 3.63) is 35.9 Å². The zero-order chi connectivity index (χ0) is 12.3. The molecule has 2 nitrogen and oxygen atoms in total. The minimum Gasteiger partial charge on any atom is -0.271 e. The molecule has 1 aromatic rings. The van der Waals surface area contributed by atoms with Crippen molar-refractivity contribution in [1.29, 1.82) is 0 Å². The predicted octanol–water partition coefficient (Wildman–Crippen LogP) is 3.41. The number of hydrogen-bond donors (Lipinski definition) is 2. The second-order valence-corrected chi connectivity index (χ2v) is 5.90. The maximum Gasteiger partial charge on any atom is 0.0493 e. The molecule has 3 N–H and O–H groups in total. The van der Waals surface area contributed by atoms with Gasteiger partial charge in [0.05, 0.1) is 0 Å². The summed E-state index contributed by atoms with van der Waals surface area (Å²) in [4.78, 5) is 0. The molecule has 2 unspecified atom stereocenters. The maximum atomic E-state index is 5.81. The number of hydrogen-bond acceptors (Lipinski definition) is 2. The first-order valence-corrected chi connectivity index (χ1v) is 6.66. The highest BCUT2D eigenvalue weighted by atomic mass is 15.2. The first-order chi connectivity index (χ1) is 8.15. The lowest BCUT2D eigenvalue weighted by molar-refractivity contribution is 0.0982. The minimum absolute atomic E-state index is 0.284. The second kappa shape index (κ2) is 5.19. The van der Waals surface area contributed by atoms with E-state index in [9.17, 15) is 0 Å². The Labute approximate surface area is 105 Å². The van der Waals surface area contributed by atoms with Crippen molar-refractivity contribution < 1.29 is 0 Å². The fourth-order valence-corrected chi connectivity index (χ4v) is 3.24. The Kier molecular flexibility index (Phi) is 3.85. The number of benzene rings is 1. The Bertz CT molecular complexity index is 345. The van der Waals surface area contributed by atoms with Crippen molar-refractivity contribution in [2.24, 2.45) is 17.2 Å². The highest BCUT2D eigenvalue weighted by Gasteiger charge is 2.37. The van der Waals surface area contributed by atoms with Gasteiger partial charge in [0.1, 0.15) is 0 Å². The third-order valence-corrected chi connectivity index (χ3v) is 4.33. The van der Waals surface area contributed by atoms with Crippen molar-refractivity contribution in [3.63, 3.8) is 0 Å². The van der Waals surface area contributed by atoms with Gasteiger partial charge in [0.25, 0.3) is 0 Å². The molecule has 2 rings (SSSR count). The van der Waals surface area contributed by atoms with Gasteiger partial charge in [0, 0.05) is 6.04 Å². The molecule has 0 spiro atoms. The molecule has 1 fully saturated rings. The molecule has 0 radical (unpaired) electrons. The molecule has 1 aliphatic rings. The summed E-state index contributed by atoms with van der Waals surface area (Å²) >= 11 is 0. The Balaban J connectivity index is 2.23. The highest BCUT2D eigenvalue weighted by molar-refractivity contribution is 5.20. The van der Waals surface area contributed by atoms with Crippen LogP contribution in [0.15, 0.2) is 30.3 Å². The van der Waals surface area contributed by atoms with E-state index < -0.39 is 0 Å². The summed E-state index contributed by atoms with van der Waals surface area (Å²) in [6.07, 6.45) is 5.27. The Morgan fingerprint density at radius 3 is 2.53 bits per heavy atom. The van der Waals surface area contributed by atoms with E-state index in [2.05, 4.69) is 49.6 Å². The molecule has 1 saturated carbocycles. The molecular weight excluding hydrogens is 208 g/mol. The Morgan fingerprint density at radius 1 is 1.24 bits per heavy atom. The minimum atomic E-state index is 0.284. The van der Waals surface area contributed by atoms with E-state index in [0.717, 1.165) is 0 Å². The van der Waals surface area contributed by atoms with E-state index in [-0.39, 0.29) is 6.04 Å². The molecule has 0 heterocycles. The van der Waals surface area contributed by atoms with Crippen LogP contribution in [0.25, 0.3) is 0 Å². The molecule has 0 saturated heterocycles. The molecule has 1 aromatic carbocycles. The lowest BCUT2D eigenvalue weighted by atomic mass is 9.65. The van der Waals surface area contributed by atoms with Crippen LogP contribution in [-0.4, -0.2) is 0 Å². The monoisotopic (exact) mass is 232 g/mol. The van der Waals surface area contributed by atoms with Gasteiger partial charge in [0.15, 0.2) is 0 Å². The third-order valence-electron chi connectivity index (χ3n) is 4.33. The standard InChI is InChI=1S/C15H24N2/c1-15(2)11-7-6-10-13(15)14(17-16)12-8-4-3-5-9-12/h3-5,8-9,13-14,17H,6-7,10-11,16H2,1-2H3. The first kappa shape index (κ1) is 12.6. The van der Waals surface area contributed by atoms with E-state index in [1.165, 1.54) is 31.2 Å². The van der Waals surface area contributed by atoms with Gasteiger partial charge in [-0.1, -0.05) is 57.0 Å². The van der Waals surface area contributed by atoms with Gasteiger partial charge in [-0.15, -0.1) is 0 Å². The fourth-order valence-electron chi connectivity index (χ4n) is 3.24. The molecule has 2 heteroatoms. The zero-order valence-corrected chi connectivity index (χ0v) is 10.9. The van der Waals surface area contributed by atoms with Gasteiger partial charge in [-0.2, -0.15) is 0 Å². The van der Waals surface area contributed by atoms with Crippen LogP contribution in [0.5, 0.6) is 0 Å². The van der Waals surface area contributed by atoms with Crippen LogP contribution in [-0.2, 0) is 0 Å². The average Bonchev–Trinajstić information content (AvgIpc) is 2.33. The summed E-state index contributed by atoms with van der Waals surface area (Å²) < 4.78 is 0. The molecule has 17 heavy (non-hydrogen) atoms. The van der Waals surface area contributed by atoms with Gasteiger partial charge < -0.3 is 0 Å². The molecule has 2 atom stereocenters. The topological polar surface area (TPSA) is 38.0 Å². The Morgan fingerprint density at radius 2 is 1.94 bits per heavy atom. The van der Waals surface area contributed by atoms with Crippen LogP contribution in [0.3, 0.4) is 0 Å². The van der Waals surface area contributed by atoms with Gasteiger partial charge in [-0.25, -0.2) is 0 Å². The summed E-state index contributed by atoms with van der Waals surface area (Å²) in [5, 5.41) is 0. The second-order valence-electron chi connectivity index (χ2n) is 5.90. The largest absolute Gasteiger partial charge is 0.271 e. The van der Waals surface area contributed by atoms with E-state index in [0.29, 0.717) is 11.3 Å². The van der Waals surface area contributed by atoms with E-state index in [1.54, 1.807) is 0 Å². The van der Waals surface area contributed by atoms with Crippen LogP contribution in [0.1, 0.15) is 51.1 Å². The lowest BCUT2D eigenvalue weighted by Gasteiger charge is -2.43.